The van der Waals surface area contributed by atoms with E-state index in [0.29, 0.717) is 12.2 Å². The van der Waals surface area contributed by atoms with Crippen LogP contribution >= 0.6 is 11.8 Å². The van der Waals surface area contributed by atoms with E-state index in [2.05, 4.69) is 83.2 Å². The molecule has 0 spiro atoms. The summed E-state index contributed by atoms with van der Waals surface area (Å²) in [6, 6.07) is 18.8. The second-order valence-corrected chi connectivity index (χ2v) is 6.66. The van der Waals surface area contributed by atoms with Crippen LogP contribution in [0.3, 0.4) is 0 Å². The van der Waals surface area contributed by atoms with Gasteiger partial charge in [-0.25, -0.2) is 0 Å². The van der Waals surface area contributed by atoms with Gasteiger partial charge in [0.15, 0.2) is 11.0 Å². The Morgan fingerprint density at radius 1 is 0.958 bits per heavy atom. The van der Waals surface area contributed by atoms with E-state index in [0.717, 1.165) is 22.2 Å². The maximum Gasteiger partial charge on any atom is 0.196 e. The van der Waals surface area contributed by atoms with Gasteiger partial charge in [0.2, 0.25) is 0 Å². The molecule has 24 heavy (non-hydrogen) atoms. The van der Waals surface area contributed by atoms with Crippen LogP contribution in [0.2, 0.25) is 0 Å². The van der Waals surface area contributed by atoms with E-state index >= 15 is 0 Å². The van der Waals surface area contributed by atoms with Crippen LogP contribution in [0.5, 0.6) is 0 Å². The molecule has 0 bridgehead atoms. The van der Waals surface area contributed by atoms with Crippen LogP contribution in [-0.2, 0) is 0 Å². The Morgan fingerprint density at radius 3 is 2.21 bits per heavy atom. The van der Waals surface area contributed by atoms with Crippen molar-refractivity contribution in [2.45, 2.75) is 25.4 Å². The molecule has 0 aliphatic rings. The minimum atomic E-state index is 0.491. The average Bonchev–Trinajstić information content (AvgIpc) is 3.00. The zero-order valence-corrected chi connectivity index (χ0v) is 14.5. The number of rotatable bonds is 5. The van der Waals surface area contributed by atoms with Gasteiger partial charge in [0, 0.05) is 23.4 Å². The van der Waals surface area contributed by atoms with Crippen LogP contribution < -0.4 is 0 Å². The van der Waals surface area contributed by atoms with Crippen molar-refractivity contribution in [1.29, 1.82) is 5.26 Å². The van der Waals surface area contributed by atoms with Gasteiger partial charge in [0.1, 0.15) is 0 Å². The molecule has 0 atom stereocenters. The fourth-order valence-electron chi connectivity index (χ4n) is 2.37. The summed E-state index contributed by atoms with van der Waals surface area (Å²) in [5.74, 6) is 1.52. The van der Waals surface area contributed by atoms with Crippen LogP contribution in [0.25, 0.3) is 17.1 Å². The SMILES string of the molecule is Cc1ccc(-c2nnc(SCCC#N)n2-c2ccc(C)cc2)cc1. The van der Waals surface area contributed by atoms with Crippen LogP contribution in [0.1, 0.15) is 17.5 Å². The highest BCUT2D eigenvalue weighted by Gasteiger charge is 2.15. The highest BCUT2D eigenvalue weighted by molar-refractivity contribution is 7.99. The molecular weight excluding hydrogens is 316 g/mol. The van der Waals surface area contributed by atoms with Crippen molar-refractivity contribution in [2.24, 2.45) is 0 Å². The molecule has 1 aromatic heterocycles. The molecule has 120 valence electrons. The van der Waals surface area contributed by atoms with E-state index in [1.165, 1.54) is 11.1 Å². The lowest BCUT2D eigenvalue weighted by Crippen LogP contribution is -2.00. The molecule has 0 N–H and O–H groups in total. The number of aromatic nitrogens is 3. The highest BCUT2D eigenvalue weighted by Crippen LogP contribution is 2.28. The van der Waals surface area contributed by atoms with Gasteiger partial charge in [-0.3, -0.25) is 4.57 Å². The van der Waals surface area contributed by atoms with E-state index in [-0.39, 0.29) is 0 Å². The standard InChI is InChI=1S/C19H18N4S/c1-14-4-8-16(9-5-14)18-21-22-19(24-13-3-12-20)23(18)17-10-6-15(2)7-11-17/h4-11H,3,13H2,1-2H3. The van der Waals surface area contributed by atoms with Crippen LogP contribution in [0, 0.1) is 25.2 Å². The van der Waals surface area contributed by atoms with Crippen molar-refractivity contribution in [1.82, 2.24) is 14.8 Å². The summed E-state index contributed by atoms with van der Waals surface area (Å²) < 4.78 is 2.06. The Labute approximate surface area is 146 Å². The third-order valence-corrected chi connectivity index (χ3v) is 4.61. The topological polar surface area (TPSA) is 54.5 Å². The third kappa shape index (κ3) is 3.50. The number of hydrogen-bond acceptors (Lipinski definition) is 4. The number of thioether (sulfide) groups is 1. The number of nitrogens with zero attached hydrogens (tertiary/aromatic N) is 4. The molecule has 0 radical (unpaired) electrons. The number of nitriles is 1. The molecule has 0 aliphatic carbocycles. The first kappa shape index (κ1) is 16.3. The lowest BCUT2D eigenvalue weighted by atomic mass is 10.1. The fourth-order valence-corrected chi connectivity index (χ4v) is 3.16. The maximum absolute atomic E-state index is 8.76. The second-order valence-electron chi connectivity index (χ2n) is 5.60. The lowest BCUT2D eigenvalue weighted by Gasteiger charge is -2.10. The van der Waals surface area contributed by atoms with Crippen molar-refractivity contribution in [2.75, 3.05) is 5.75 Å². The van der Waals surface area contributed by atoms with E-state index in [4.69, 9.17) is 5.26 Å². The van der Waals surface area contributed by atoms with Crippen LogP contribution in [-0.4, -0.2) is 20.5 Å². The van der Waals surface area contributed by atoms with E-state index in [9.17, 15) is 0 Å². The number of benzene rings is 2. The third-order valence-electron chi connectivity index (χ3n) is 3.68. The summed E-state index contributed by atoms with van der Waals surface area (Å²) in [4.78, 5) is 0. The molecule has 0 saturated carbocycles. The van der Waals surface area contributed by atoms with Gasteiger partial charge in [-0.2, -0.15) is 5.26 Å². The Balaban J connectivity index is 2.07. The van der Waals surface area contributed by atoms with Crippen molar-refractivity contribution in [3.8, 4) is 23.1 Å². The van der Waals surface area contributed by atoms with Gasteiger partial charge in [-0.1, -0.05) is 59.3 Å². The molecule has 0 aliphatic heterocycles. The first-order chi connectivity index (χ1) is 11.7. The predicted molar refractivity (Wildman–Crippen MR) is 97.2 cm³/mol. The van der Waals surface area contributed by atoms with Crippen molar-refractivity contribution >= 4 is 11.8 Å². The summed E-state index contributed by atoms with van der Waals surface area (Å²) in [6.45, 7) is 4.14. The summed E-state index contributed by atoms with van der Waals surface area (Å²) in [5.41, 5.74) is 4.48. The predicted octanol–water partition coefficient (Wildman–Crippen LogP) is 4.56. The van der Waals surface area contributed by atoms with Crippen molar-refractivity contribution in [3.63, 3.8) is 0 Å². The Hall–Kier alpha value is -2.58. The molecule has 0 saturated heterocycles. The van der Waals surface area contributed by atoms with Gasteiger partial charge in [0.25, 0.3) is 0 Å². The molecular formula is C19H18N4S. The molecule has 2 aromatic carbocycles. The first-order valence-electron chi connectivity index (χ1n) is 7.78. The Kier molecular flexibility index (Phi) is 4.97. The fraction of sp³-hybridized carbons (Fsp3) is 0.211. The molecule has 4 nitrogen and oxygen atoms in total. The summed E-state index contributed by atoms with van der Waals surface area (Å²) in [7, 11) is 0. The summed E-state index contributed by atoms with van der Waals surface area (Å²) in [6.07, 6.45) is 0.491. The van der Waals surface area contributed by atoms with E-state index in [1.807, 2.05) is 0 Å². The van der Waals surface area contributed by atoms with Gasteiger partial charge in [-0.05, 0) is 26.0 Å². The van der Waals surface area contributed by atoms with Crippen LogP contribution in [0.15, 0.2) is 53.7 Å². The normalized spacial score (nSPS) is 10.5. The molecule has 1 heterocycles. The summed E-state index contributed by atoms with van der Waals surface area (Å²) in [5, 5.41) is 18.3. The van der Waals surface area contributed by atoms with Gasteiger partial charge in [-0.15, -0.1) is 10.2 Å². The largest absolute Gasteiger partial charge is 0.270 e. The second kappa shape index (κ2) is 7.33. The van der Waals surface area contributed by atoms with E-state index in [1.54, 1.807) is 11.8 Å². The van der Waals surface area contributed by atoms with Crippen molar-refractivity contribution < 1.29 is 0 Å². The average molecular weight is 334 g/mol. The monoisotopic (exact) mass is 334 g/mol. The van der Waals surface area contributed by atoms with Gasteiger partial charge >= 0.3 is 0 Å². The molecule has 3 rings (SSSR count). The zero-order chi connectivity index (χ0) is 16.9. The lowest BCUT2D eigenvalue weighted by molar-refractivity contribution is 0.885. The van der Waals surface area contributed by atoms with Gasteiger partial charge in [0.05, 0.1) is 6.07 Å². The minimum Gasteiger partial charge on any atom is -0.270 e. The Bertz CT molecular complexity index is 858. The molecule has 0 unspecified atom stereocenters. The quantitative estimate of drug-likeness (QED) is 0.507. The van der Waals surface area contributed by atoms with Crippen LogP contribution in [0.4, 0.5) is 0 Å². The van der Waals surface area contributed by atoms with Crippen molar-refractivity contribution in [3.05, 3.63) is 59.7 Å². The highest BCUT2D eigenvalue weighted by atomic mass is 32.2. The number of hydrogen-bond donors (Lipinski definition) is 0. The molecule has 5 heteroatoms. The van der Waals surface area contributed by atoms with E-state index < -0.39 is 0 Å². The first-order valence-corrected chi connectivity index (χ1v) is 8.77. The smallest absolute Gasteiger partial charge is 0.196 e. The molecule has 0 amide bonds. The number of aryl methyl sites for hydroxylation is 2. The maximum atomic E-state index is 8.76. The molecule has 3 aromatic rings. The zero-order valence-electron chi connectivity index (χ0n) is 13.7. The van der Waals surface area contributed by atoms with Gasteiger partial charge < -0.3 is 0 Å². The minimum absolute atomic E-state index is 0.491. The molecule has 0 fully saturated rings. The Morgan fingerprint density at radius 2 is 1.58 bits per heavy atom. The summed E-state index contributed by atoms with van der Waals surface area (Å²) >= 11 is 1.56.